The number of piperazine rings is 1. The van der Waals surface area contributed by atoms with Crippen LogP contribution in [-0.4, -0.2) is 58.8 Å². The number of benzene rings is 2. The van der Waals surface area contributed by atoms with E-state index < -0.39 is 29.3 Å². The molecule has 2 aromatic carbocycles. The average molecular weight is 425 g/mol. The molecule has 2 fully saturated rings. The Labute approximate surface area is 183 Å². The van der Waals surface area contributed by atoms with Crippen molar-refractivity contribution in [2.24, 2.45) is 0 Å². The smallest absolute Gasteiger partial charge is 0.410 e. The lowest BCUT2D eigenvalue weighted by molar-refractivity contribution is -0.138. The lowest BCUT2D eigenvalue weighted by Gasteiger charge is -2.45. The number of aliphatic hydroxyl groups is 1. The highest BCUT2D eigenvalue weighted by Crippen LogP contribution is 2.45. The summed E-state index contributed by atoms with van der Waals surface area (Å²) in [6.45, 7) is 6.82. The van der Waals surface area contributed by atoms with Crippen molar-refractivity contribution < 1.29 is 19.4 Å². The molecule has 0 bridgehead atoms. The highest BCUT2D eigenvalue weighted by atomic mass is 16.6. The minimum atomic E-state index is -1.07. The SMILES string of the molecule is CC(C)(C)OC(=O)N1CCNCC1C(=O)C(c1ccc2ccccc2c1)C1(O)CCC1. The van der Waals surface area contributed by atoms with Gasteiger partial charge in [0, 0.05) is 19.6 Å². The second kappa shape index (κ2) is 8.24. The maximum Gasteiger partial charge on any atom is 0.410 e. The number of carbonyl (C=O) groups excluding carboxylic acids is 2. The number of hydrogen-bond donors (Lipinski definition) is 2. The number of carbonyl (C=O) groups is 2. The van der Waals surface area contributed by atoms with Crippen molar-refractivity contribution >= 4 is 22.6 Å². The summed E-state index contributed by atoms with van der Waals surface area (Å²) in [6, 6.07) is 13.3. The summed E-state index contributed by atoms with van der Waals surface area (Å²) in [7, 11) is 0. The first-order valence-corrected chi connectivity index (χ1v) is 11.1. The van der Waals surface area contributed by atoms with Crippen LogP contribution in [0.4, 0.5) is 4.79 Å². The second-order valence-corrected chi connectivity index (χ2v) is 9.79. The fourth-order valence-electron chi connectivity index (χ4n) is 4.64. The number of rotatable bonds is 4. The van der Waals surface area contributed by atoms with Crippen molar-refractivity contribution in [3.05, 3.63) is 48.0 Å². The minimum absolute atomic E-state index is 0.129. The van der Waals surface area contributed by atoms with E-state index >= 15 is 0 Å². The average Bonchev–Trinajstić information content (AvgIpc) is 2.71. The van der Waals surface area contributed by atoms with E-state index in [0.29, 0.717) is 32.5 Å². The highest BCUT2D eigenvalue weighted by molar-refractivity contribution is 5.95. The number of ether oxygens (including phenoxy) is 1. The summed E-state index contributed by atoms with van der Waals surface area (Å²) in [5, 5.41) is 16.7. The molecule has 1 aliphatic heterocycles. The van der Waals surface area contributed by atoms with Gasteiger partial charge < -0.3 is 15.2 Å². The first kappa shape index (κ1) is 21.8. The Bertz CT molecular complexity index is 977. The maximum absolute atomic E-state index is 13.9. The van der Waals surface area contributed by atoms with Crippen LogP contribution in [0.2, 0.25) is 0 Å². The molecule has 0 spiro atoms. The highest BCUT2D eigenvalue weighted by Gasteiger charge is 2.50. The molecule has 0 radical (unpaired) electrons. The van der Waals surface area contributed by atoms with E-state index in [9.17, 15) is 14.7 Å². The Morgan fingerprint density at radius 3 is 2.52 bits per heavy atom. The zero-order chi connectivity index (χ0) is 22.2. The van der Waals surface area contributed by atoms with E-state index in [1.807, 2.05) is 63.2 Å². The summed E-state index contributed by atoms with van der Waals surface area (Å²) < 4.78 is 5.57. The first-order chi connectivity index (χ1) is 14.7. The topological polar surface area (TPSA) is 78.9 Å². The number of hydrogen-bond acceptors (Lipinski definition) is 5. The monoisotopic (exact) mass is 424 g/mol. The summed E-state index contributed by atoms with van der Waals surface area (Å²) in [6.07, 6.45) is 1.59. The van der Waals surface area contributed by atoms with E-state index in [0.717, 1.165) is 22.8 Å². The van der Waals surface area contributed by atoms with Gasteiger partial charge in [-0.05, 0) is 56.4 Å². The van der Waals surface area contributed by atoms with E-state index in [2.05, 4.69) is 5.32 Å². The molecule has 1 aliphatic carbocycles. The zero-order valence-electron chi connectivity index (χ0n) is 18.6. The lowest BCUT2D eigenvalue weighted by atomic mass is 9.66. The lowest BCUT2D eigenvalue weighted by Crippen LogP contribution is -2.61. The van der Waals surface area contributed by atoms with Gasteiger partial charge in [0.25, 0.3) is 0 Å². The molecule has 2 N–H and O–H groups in total. The number of ketones is 1. The van der Waals surface area contributed by atoms with Crippen molar-refractivity contribution in [1.82, 2.24) is 10.2 Å². The van der Waals surface area contributed by atoms with E-state index in [4.69, 9.17) is 4.74 Å². The van der Waals surface area contributed by atoms with Crippen molar-refractivity contribution in [3.63, 3.8) is 0 Å². The van der Waals surface area contributed by atoms with Crippen LogP contribution < -0.4 is 5.32 Å². The molecule has 2 aliphatic rings. The van der Waals surface area contributed by atoms with Gasteiger partial charge in [-0.15, -0.1) is 0 Å². The van der Waals surface area contributed by atoms with Crippen LogP contribution in [0.25, 0.3) is 10.8 Å². The predicted octanol–water partition coefficient (Wildman–Crippen LogP) is 3.62. The molecular weight excluding hydrogens is 392 g/mol. The van der Waals surface area contributed by atoms with E-state index in [1.165, 1.54) is 4.90 Å². The molecule has 166 valence electrons. The van der Waals surface area contributed by atoms with Gasteiger partial charge in [0.1, 0.15) is 11.6 Å². The van der Waals surface area contributed by atoms with Crippen LogP contribution in [0.3, 0.4) is 0 Å². The Balaban J connectivity index is 1.68. The van der Waals surface area contributed by atoms with Crippen LogP contribution in [-0.2, 0) is 9.53 Å². The summed E-state index contributed by atoms with van der Waals surface area (Å²) in [4.78, 5) is 28.3. The van der Waals surface area contributed by atoms with Crippen LogP contribution >= 0.6 is 0 Å². The number of Topliss-reactive ketones (excluding diaryl/α,β-unsaturated/α-hetero) is 1. The Hall–Kier alpha value is -2.44. The van der Waals surface area contributed by atoms with Gasteiger partial charge in [-0.25, -0.2) is 4.79 Å². The quantitative estimate of drug-likeness (QED) is 0.784. The zero-order valence-corrected chi connectivity index (χ0v) is 18.6. The van der Waals surface area contributed by atoms with Crippen LogP contribution in [0.5, 0.6) is 0 Å². The van der Waals surface area contributed by atoms with Gasteiger partial charge in [-0.1, -0.05) is 42.5 Å². The van der Waals surface area contributed by atoms with Crippen molar-refractivity contribution in [2.75, 3.05) is 19.6 Å². The van der Waals surface area contributed by atoms with E-state index in [1.54, 1.807) is 0 Å². The van der Waals surface area contributed by atoms with Gasteiger partial charge in [0.05, 0.1) is 11.5 Å². The molecule has 1 heterocycles. The third-order valence-electron chi connectivity index (χ3n) is 6.35. The molecule has 2 aromatic rings. The Kier molecular flexibility index (Phi) is 5.79. The van der Waals surface area contributed by atoms with Crippen molar-refractivity contribution in [3.8, 4) is 0 Å². The van der Waals surface area contributed by atoms with E-state index in [-0.39, 0.29) is 5.78 Å². The van der Waals surface area contributed by atoms with Gasteiger partial charge in [0.2, 0.25) is 0 Å². The van der Waals surface area contributed by atoms with Crippen LogP contribution in [0.15, 0.2) is 42.5 Å². The molecule has 1 saturated heterocycles. The molecule has 2 unspecified atom stereocenters. The third-order valence-corrected chi connectivity index (χ3v) is 6.35. The molecule has 1 saturated carbocycles. The second-order valence-electron chi connectivity index (χ2n) is 9.79. The van der Waals surface area contributed by atoms with Gasteiger partial charge in [0.15, 0.2) is 5.78 Å². The fraction of sp³-hybridized carbons (Fsp3) is 0.520. The first-order valence-electron chi connectivity index (χ1n) is 11.1. The fourth-order valence-corrected chi connectivity index (χ4v) is 4.64. The molecule has 4 rings (SSSR count). The normalized spacial score (nSPS) is 21.9. The summed E-state index contributed by atoms with van der Waals surface area (Å²) >= 11 is 0. The standard InChI is InChI=1S/C25H32N2O4/c1-24(2,3)31-23(29)27-14-13-26-16-20(27)22(28)21(25(30)11-6-12-25)19-10-9-17-7-4-5-8-18(17)15-19/h4-5,7-10,15,20-21,26,30H,6,11-14,16H2,1-3H3. The van der Waals surface area contributed by atoms with Gasteiger partial charge in [-0.2, -0.15) is 0 Å². The maximum atomic E-state index is 13.9. The van der Waals surface area contributed by atoms with Crippen molar-refractivity contribution in [1.29, 1.82) is 0 Å². The molecule has 6 nitrogen and oxygen atoms in total. The molecule has 0 aromatic heterocycles. The van der Waals surface area contributed by atoms with Crippen LogP contribution in [0, 0.1) is 0 Å². The van der Waals surface area contributed by atoms with Gasteiger partial charge >= 0.3 is 6.09 Å². The van der Waals surface area contributed by atoms with Gasteiger partial charge in [-0.3, -0.25) is 9.69 Å². The summed E-state index contributed by atoms with van der Waals surface area (Å²) in [5.41, 5.74) is -0.906. The number of nitrogens with one attached hydrogen (secondary N) is 1. The third kappa shape index (κ3) is 4.46. The minimum Gasteiger partial charge on any atom is -0.444 e. The largest absolute Gasteiger partial charge is 0.444 e. The van der Waals surface area contributed by atoms with Crippen LogP contribution in [0.1, 0.15) is 51.5 Å². The molecule has 31 heavy (non-hydrogen) atoms. The molecule has 2 atom stereocenters. The Morgan fingerprint density at radius 1 is 1.16 bits per heavy atom. The predicted molar refractivity (Wildman–Crippen MR) is 120 cm³/mol. The molecule has 6 heteroatoms. The Morgan fingerprint density at radius 2 is 1.87 bits per heavy atom. The number of nitrogens with zero attached hydrogens (tertiary/aromatic N) is 1. The number of amides is 1. The summed E-state index contributed by atoms with van der Waals surface area (Å²) in [5.74, 6) is -0.809. The molecular formula is C25H32N2O4. The molecule has 1 amide bonds. The van der Waals surface area contributed by atoms with Crippen molar-refractivity contribution in [2.45, 2.75) is 63.2 Å². The number of fused-ring (bicyclic) bond motifs is 1.